The molecule has 5 nitrogen and oxygen atoms in total. The van der Waals surface area contributed by atoms with Crippen molar-refractivity contribution in [2.45, 2.75) is 25.1 Å². The van der Waals surface area contributed by atoms with E-state index < -0.39 is 0 Å². The molecule has 22 heavy (non-hydrogen) atoms. The molecule has 3 heterocycles. The lowest BCUT2D eigenvalue weighted by Crippen LogP contribution is -2.27. The molecule has 1 saturated heterocycles. The number of nitrogens with one attached hydrogen (secondary N) is 1. The molecule has 2 aliphatic rings. The number of anilines is 1. The predicted molar refractivity (Wildman–Crippen MR) is 87.8 cm³/mol. The van der Waals surface area contributed by atoms with E-state index in [1.807, 2.05) is 17.0 Å². The Kier molecular flexibility index (Phi) is 3.44. The summed E-state index contributed by atoms with van der Waals surface area (Å²) in [5.74, 6) is 0. The third-order valence-electron chi connectivity index (χ3n) is 4.36. The van der Waals surface area contributed by atoms with Gasteiger partial charge in [-0.3, -0.25) is 4.68 Å². The highest BCUT2D eigenvalue weighted by atomic mass is 16.3. The fourth-order valence-electron chi connectivity index (χ4n) is 3.20. The number of hydrogen-bond donors (Lipinski definition) is 2. The van der Waals surface area contributed by atoms with Crippen LogP contribution < -0.4 is 10.2 Å². The summed E-state index contributed by atoms with van der Waals surface area (Å²) in [6.07, 6.45) is 10.8. The van der Waals surface area contributed by atoms with Crippen LogP contribution >= 0.6 is 0 Å². The lowest BCUT2D eigenvalue weighted by atomic mass is 10.2. The minimum absolute atomic E-state index is 0.225. The van der Waals surface area contributed by atoms with Crippen molar-refractivity contribution in [3.05, 3.63) is 48.8 Å². The molecular formula is C17H20N4O. The van der Waals surface area contributed by atoms with Crippen LogP contribution in [0.5, 0.6) is 0 Å². The van der Waals surface area contributed by atoms with Gasteiger partial charge in [-0.15, -0.1) is 0 Å². The number of β-amino-alcohol motifs (C(OH)–C–C–N with tert-alkyl or cyclic N) is 1. The van der Waals surface area contributed by atoms with E-state index in [1.54, 1.807) is 0 Å². The number of aliphatic hydroxyl groups excluding tert-OH is 1. The summed E-state index contributed by atoms with van der Waals surface area (Å²) < 4.78 is 2.03. The monoisotopic (exact) mass is 296 g/mol. The summed E-state index contributed by atoms with van der Waals surface area (Å²) in [5.41, 5.74) is 2.32. The zero-order valence-corrected chi connectivity index (χ0v) is 12.4. The predicted octanol–water partition coefficient (Wildman–Crippen LogP) is 1.65. The molecule has 4 rings (SSSR count). The Bertz CT molecular complexity index is 733. The number of benzene rings is 1. The van der Waals surface area contributed by atoms with Gasteiger partial charge in [-0.25, -0.2) is 0 Å². The van der Waals surface area contributed by atoms with Crippen molar-refractivity contribution in [1.82, 2.24) is 15.1 Å². The zero-order valence-electron chi connectivity index (χ0n) is 12.4. The minimum atomic E-state index is -0.225. The van der Waals surface area contributed by atoms with E-state index in [2.05, 4.69) is 51.9 Å². The second-order valence-corrected chi connectivity index (χ2v) is 5.99. The Labute approximate surface area is 129 Å². The highest BCUT2D eigenvalue weighted by molar-refractivity contribution is 5.83. The summed E-state index contributed by atoms with van der Waals surface area (Å²) in [6.45, 7) is 2.38. The van der Waals surface area contributed by atoms with Gasteiger partial charge in [0.1, 0.15) is 0 Å². The van der Waals surface area contributed by atoms with Gasteiger partial charge in [0.25, 0.3) is 0 Å². The van der Waals surface area contributed by atoms with Crippen molar-refractivity contribution in [2.24, 2.45) is 0 Å². The van der Waals surface area contributed by atoms with E-state index in [-0.39, 0.29) is 6.10 Å². The SMILES string of the molecule is OC1CNC(Cn2ncc3cc(N4C=CC=CC4)ccc32)C1. The Balaban J connectivity index is 1.57. The maximum atomic E-state index is 9.61. The van der Waals surface area contributed by atoms with Crippen LogP contribution in [0.2, 0.25) is 0 Å². The van der Waals surface area contributed by atoms with Gasteiger partial charge in [0.2, 0.25) is 0 Å². The highest BCUT2D eigenvalue weighted by Gasteiger charge is 2.23. The Hall–Kier alpha value is -2.11. The third-order valence-corrected chi connectivity index (χ3v) is 4.36. The Morgan fingerprint density at radius 3 is 3.05 bits per heavy atom. The lowest BCUT2D eigenvalue weighted by Gasteiger charge is -2.20. The van der Waals surface area contributed by atoms with Crippen molar-refractivity contribution in [2.75, 3.05) is 18.0 Å². The van der Waals surface area contributed by atoms with Crippen LogP contribution in [0, 0.1) is 0 Å². The lowest BCUT2D eigenvalue weighted by molar-refractivity contribution is 0.192. The van der Waals surface area contributed by atoms with E-state index in [9.17, 15) is 5.11 Å². The first-order chi connectivity index (χ1) is 10.8. The van der Waals surface area contributed by atoms with Gasteiger partial charge >= 0.3 is 0 Å². The number of hydrogen-bond acceptors (Lipinski definition) is 4. The molecule has 2 aliphatic heterocycles. The number of allylic oxidation sites excluding steroid dienone is 2. The summed E-state index contributed by atoms with van der Waals surface area (Å²) in [4.78, 5) is 2.21. The van der Waals surface area contributed by atoms with Crippen molar-refractivity contribution >= 4 is 16.6 Å². The van der Waals surface area contributed by atoms with Crippen molar-refractivity contribution < 1.29 is 5.11 Å². The molecule has 1 fully saturated rings. The summed E-state index contributed by atoms with van der Waals surface area (Å²) in [5, 5.41) is 18.6. The van der Waals surface area contributed by atoms with Crippen LogP contribution in [0.1, 0.15) is 6.42 Å². The smallest absolute Gasteiger partial charge is 0.0684 e. The van der Waals surface area contributed by atoms with Crippen LogP contribution in [-0.2, 0) is 6.54 Å². The maximum absolute atomic E-state index is 9.61. The first-order valence-corrected chi connectivity index (χ1v) is 7.76. The number of rotatable bonds is 3. The van der Waals surface area contributed by atoms with Crippen LogP contribution in [-0.4, -0.2) is 40.1 Å². The second kappa shape index (κ2) is 5.59. The van der Waals surface area contributed by atoms with Crippen LogP contribution in [0.3, 0.4) is 0 Å². The fraction of sp³-hybridized carbons (Fsp3) is 0.353. The normalized spacial score (nSPS) is 24.5. The molecule has 0 saturated carbocycles. The molecule has 2 atom stereocenters. The summed E-state index contributed by atoms with van der Waals surface area (Å²) >= 11 is 0. The van der Waals surface area contributed by atoms with E-state index >= 15 is 0 Å². The number of aliphatic hydroxyl groups is 1. The van der Waals surface area contributed by atoms with Crippen molar-refractivity contribution in [1.29, 1.82) is 0 Å². The quantitative estimate of drug-likeness (QED) is 0.904. The number of fused-ring (bicyclic) bond motifs is 1. The van der Waals surface area contributed by atoms with Gasteiger partial charge in [-0.2, -0.15) is 5.10 Å². The molecule has 0 aliphatic carbocycles. The molecule has 2 aromatic rings. The van der Waals surface area contributed by atoms with Crippen LogP contribution in [0.15, 0.2) is 48.8 Å². The average molecular weight is 296 g/mol. The van der Waals surface area contributed by atoms with Crippen molar-refractivity contribution in [3.63, 3.8) is 0 Å². The Morgan fingerprint density at radius 1 is 1.32 bits per heavy atom. The third kappa shape index (κ3) is 2.53. The van der Waals surface area contributed by atoms with E-state index in [1.165, 1.54) is 5.69 Å². The minimum Gasteiger partial charge on any atom is -0.392 e. The molecular weight excluding hydrogens is 276 g/mol. The summed E-state index contributed by atoms with van der Waals surface area (Å²) in [7, 11) is 0. The molecule has 2 N–H and O–H groups in total. The van der Waals surface area contributed by atoms with Crippen LogP contribution in [0.4, 0.5) is 5.69 Å². The maximum Gasteiger partial charge on any atom is 0.0684 e. The number of nitrogens with zero attached hydrogens (tertiary/aromatic N) is 3. The van der Waals surface area contributed by atoms with Gasteiger partial charge in [-0.05, 0) is 30.7 Å². The van der Waals surface area contributed by atoms with Gasteiger partial charge < -0.3 is 15.3 Å². The van der Waals surface area contributed by atoms with Crippen LogP contribution in [0.25, 0.3) is 10.9 Å². The molecule has 1 aromatic heterocycles. The van der Waals surface area contributed by atoms with E-state index in [0.29, 0.717) is 12.6 Å². The topological polar surface area (TPSA) is 53.3 Å². The molecule has 114 valence electrons. The van der Waals surface area contributed by atoms with Gasteiger partial charge in [-0.1, -0.05) is 12.2 Å². The Morgan fingerprint density at radius 2 is 2.27 bits per heavy atom. The number of aromatic nitrogens is 2. The zero-order chi connectivity index (χ0) is 14.9. The summed E-state index contributed by atoms with van der Waals surface area (Å²) in [6, 6.07) is 6.75. The van der Waals surface area contributed by atoms with Crippen molar-refractivity contribution in [3.8, 4) is 0 Å². The standard InChI is InChI=1S/C17H20N4O/c22-16-9-14(18-11-16)12-21-17-5-4-15(8-13(17)10-19-21)20-6-2-1-3-7-20/h1-6,8,10,14,16,18,22H,7,9,11-12H2. The first kappa shape index (κ1) is 13.5. The van der Waals surface area contributed by atoms with Gasteiger partial charge in [0.15, 0.2) is 0 Å². The molecule has 1 aromatic carbocycles. The highest BCUT2D eigenvalue weighted by Crippen LogP contribution is 2.24. The average Bonchev–Trinajstić information content (AvgIpc) is 3.15. The van der Waals surface area contributed by atoms with E-state index in [0.717, 1.165) is 30.4 Å². The molecule has 0 spiro atoms. The molecule has 0 radical (unpaired) electrons. The first-order valence-electron chi connectivity index (χ1n) is 7.76. The molecule has 0 bridgehead atoms. The van der Waals surface area contributed by atoms with Gasteiger partial charge in [0.05, 0.1) is 24.4 Å². The van der Waals surface area contributed by atoms with E-state index in [4.69, 9.17) is 0 Å². The largest absolute Gasteiger partial charge is 0.392 e. The fourth-order valence-corrected chi connectivity index (χ4v) is 3.20. The second-order valence-electron chi connectivity index (χ2n) is 5.99. The van der Waals surface area contributed by atoms with Gasteiger partial charge in [0, 0.05) is 36.4 Å². The molecule has 5 heteroatoms. The molecule has 2 unspecified atom stereocenters. The molecule has 0 amide bonds.